The van der Waals surface area contributed by atoms with Crippen molar-refractivity contribution < 1.29 is 17.9 Å². The molecule has 1 rings (SSSR count). The smallest absolute Gasteiger partial charge is 0.410 e. The van der Waals surface area contributed by atoms with Gasteiger partial charge in [-0.05, 0) is 20.8 Å². The molecule has 0 spiro atoms. The summed E-state index contributed by atoms with van der Waals surface area (Å²) in [4.78, 5) is 13.2. The van der Waals surface area contributed by atoms with Gasteiger partial charge in [0.1, 0.15) is 5.60 Å². The fourth-order valence-electron chi connectivity index (χ4n) is 1.17. The molecule has 0 aromatic heterocycles. The number of halogens is 1. The summed E-state index contributed by atoms with van der Waals surface area (Å²) in [5, 5.41) is 3.18. The van der Waals surface area contributed by atoms with E-state index in [1.165, 1.54) is 0 Å². The Bertz CT molecular complexity index is 351. The number of nitrogens with one attached hydrogen (secondary N) is 1. The minimum absolute atomic E-state index is 0.200. The van der Waals surface area contributed by atoms with Crippen molar-refractivity contribution in [2.45, 2.75) is 26.4 Å². The van der Waals surface area contributed by atoms with E-state index >= 15 is 0 Å². The molecular formula is C10H21ClN2O4S. The summed E-state index contributed by atoms with van der Waals surface area (Å²) in [6, 6.07) is 0. The monoisotopic (exact) mass is 300 g/mol. The van der Waals surface area contributed by atoms with Crippen molar-refractivity contribution in [3.8, 4) is 0 Å². The number of rotatable bonds is 0. The first-order chi connectivity index (χ1) is 7.99. The third-order valence-electron chi connectivity index (χ3n) is 1.77. The minimum atomic E-state index is -3.19. The second-order valence-corrected chi connectivity index (χ2v) is 7.94. The lowest BCUT2D eigenvalue weighted by Gasteiger charge is -2.30. The lowest BCUT2D eigenvalue weighted by atomic mass is 10.2. The van der Waals surface area contributed by atoms with Crippen molar-refractivity contribution in [3.63, 3.8) is 0 Å². The Morgan fingerprint density at radius 2 is 1.67 bits per heavy atom. The largest absolute Gasteiger partial charge is 0.444 e. The van der Waals surface area contributed by atoms with Crippen LogP contribution in [0.5, 0.6) is 0 Å². The maximum absolute atomic E-state index is 11.5. The van der Waals surface area contributed by atoms with Crippen molar-refractivity contribution in [3.05, 3.63) is 0 Å². The molecule has 0 aliphatic carbocycles. The highest BCUT2D eigenvalue weighted by Crippen LogP contribution is 2.09. The molecule has 0 atom stereocenters. The van der Waals surface area contributed by atoms with Crippen LogP contribution in [-0.4, -0.2) is 57.4 Å². The molecule has 0 aromatic carbocycles. The van der Waals surface area contributed by atoms with Gasteiger partial charge in [0.25, 0.3) is 0 Å². The normalized spacial score (nSPS) is 16.6. The van der Waals surface area contributed by atoms with Crippen molar-refractivity contribution in [2.24, 2.45) is 0 Å². The Morgan fingerprint density at radius 1 is 1.28 bits per heavy atom. The molecule has 0 radical (unpaired) electrons. The van der Waals surface area contributed by atoms with E-state index in [1.807, 2.05) is 20.8 Å². The van der Waals surface area contributed by atoms with Crippen LogP contribution in [-0.2, 0) is 13.8 Å². The van der Waals surface area contributed by atoms with E-state index in [4.69, 9.17) is 4.74 Å². The molecule has 1 aliphatic rings. The summed E-state index contributed by atoms with van der Waals surface area (Å²) in [7, 11) is 1.31. The van der Waals surface area contributed by atoms with Crippen LogP contribution in [0.25, 0.3) is 0 Å². The van der Waals surface area contributed by atoms with E-state index in [0.717, 1.165) is 32.4 Å². The molecule has 0 aromatic rings. The number of nitrogens with zero attached hydrogens (tertiary/aromatic N) is 1. The van der Waals surface area contributed by atoms with Crippen molar-refractivity contribution in [1.29, 1.82) is 0 Å². The van der Waals surface area contributed by atoms with Gasteiger partial charge in [-0.15, -0.1) is 0 Å². The van der Waals surface area contributed by atoms with Crippen LogP contribution in [0.15, 0.2) is 0 Å². The van der Waals surface area contributed by atoms with Crippen LogP contribution in [0.2, 0.25) is 0 Å². The zero-order valence-electron chi connectivity index (χ0n) is 11.2. The van der Waals surface area contributed by atoms with E-state index in [2.05, 4.69) is 16.0 Å². The molecule has 18 heavy (non-hydrogen) atoms. The van der Waals surface area contributed by atoms with Crippen LogP contribution >= 0.6 is 10.7 Å². The van der Waals surface area contributed by atoms with E-state index in [0.29, 0.717) is 0 Å². The summed E-state index contributed by atoms with van der Waals surface area (Å²) >= 11 is 0. The molecule has 1 amide bonds. The first-order valence-corrected chi connectivity index (χ1v) is 8.29. The molecule has 1 N–H and O–H groups in total. The van der Waals surface area contributed by atoms with E-state index in [9.17, 15) is 13.2 Å². The van der Waals surface area contributed by atoms with Gasteiger partial charge in [-0.2, -0.15) is 0 Å². The highest BCUT2D eigenvalue weighted by Gasteiger charge is 2.22. The molecule has 0 bridgehead atoms. The van der Waals surface area contributed by atoms with Crippen molar-refractivity contribution in [2.75, 3.05) is 32.4 Å². The number of piperazine rings is 1. The fraction of sp³-hybridized carbons (Fsp3) is 0.900. The van der Waals surface area contributed by atoms with Gasteiger partial charge in [-0.25, -0.2) is 13.2 Å². The van der Waals surface area contributed by atoms with Gasteiger partial charge < -0.3 is 15.0 Å². The Balaban J connectivity index is 0.000000494. The summed E-state index contributed by atoms with van der Waals surface area (Å²) in [5.41, 5.74) is -0.387. The van der Waals surface area contributed by atoms with Crippen LogP contribution in [0.3, 0.4) is 0 Å². The lowest BCUT2D eigenvalue weighted by Crippen LogP contribution is -2.48. The van der Waals surface area contributed by atoms with Gasteiger partial charge >= 0.3 is 6.09 Å². The third kappa shape index (κ3) is 11.9. The molecule has 0 saturated carbocycles. The van der Waals surface area contributed by atoms with Gasteiger partial charge in [-0.1, -0.05) is 0 Å². The van der Waals surface area contributed by atoms with Gasteiger partial charge in [0.05, 0.1) is 6.26 Å². The van der Waals surface area contributed by atoms with Gasteiger partial charge in [-0.3, -0.25) is 0 Å². The molecule has 6 nitrogen and oxygen atoms in total. The summed E-state index contributed by atoms with van der Waals surface area (Å²) in [5.74, 6) is 0. The van der Waals surface area contributed by atoms with E-state index in [1.54, 1.807) is 4.90 Å². The number of carbonyl (C=O) groups excluding carboxylic acids is 1. The van der Waals surface area contributed by atoms with Gasteiger partial charge in [0, 0.05) is 36.9 Å². The molecule has 108 valence electrons. The first-order valence-electron chi connectivity index (χ1n) is 5.57. The SMILES string of the molecule is CC(C)(C)OC(=O)N1CCNCC1.CS(=O)(=O)Cl. The summed E-state index contributed by atoms with van der Waals surface area (Å²) in [6.45, 7) is 8.86. The topological polar surface area (TPSA) is 75.7 Å². The molecular weight excluding hydrogens is 280 g/mol. The zero-order chi connectivity index (χ0) is 14.4. The Hall–Kier alpha value is -0.530. The van der Waals surface area contributed by atoms with Crippen molar-refractivity contribution >= 4 is 25.8 Å². The van der Waals surface area contributed by atoms with E-state index < -0.39 is 9.05 Å². The minimum Gasteiger partial charge on any atom is -0.444 e. The number of carbonyl (C=O) groups is 1. The Morgan fingerprint density at radius 3 is 2.00 bits per heavy atom. The number of ether oxygens (including phenoxy) is 1. The van der Waals surface area contributed by atoms with Crippen LogP contribution < -0.4 is 5.32 Å². The summed E-state index contributed by atoms with van der Waals surface area (Å²) < 4.78 is 24.0. The number of hydrogen-bond donors (Lipinski definition) is 1. The number of amides is 1. The predicted octanol–water partition coefficient (Wildman–Crippen LogP) is 1.01. The fourth-order valence-corrected chi connectivity index (χ4v) is 1.17. The second-order valence-electron chi connectivity index (χ2n) is 4.90. The molecule has 1 fully saturated rings. The second kappa shape index (κ2) is 7.16. The lowest BCUT2D eigenvalue weighted by molar-refractivity contribution is 0.0229. The Labute approximate surface area is 113 Å². The summed E-state index contributed by atoms with van der Waals surface area (Å²) in [6.07, 6.45) is 0.725. The standard InChI is InChI=1S/C9H18N2O2.CH3ClO2S/c1-9(2,3)13-8(12)11-6-4-10-5-7-11;1-5(2,3)4/h10H,4-7H2,1-3H3;1H3. The van der Waals surface area contributed by atoms with Crippen LogP contribution in [0, 0.1) is 0 Å². The maximum Gasteiger partial charge on any atom is 0.410 e. The van der Waals surface area contributed by atoms with Crippen LogP contribution in [0.1, 0.15) is 20.8 Å². The van der Waals surface area contributed by atoms with Gasteiger partial charge in [0.15, 0.2) is 0 Å². The van der Waals surface area contributed by atoms with E-state index in [-0.39, 0.29) is 11.7 Å². The molecule has 0 unspecified atom stereocenters. The number of hydrogen-bond acceptors (Lipinski definition) is 5. The quantitative estimate of drug-likeness (QED) is 0.676. The highest BCUT2D eigenvalue weighted by atomic mass is 35.7. The van der Waals surface area contributed by atoms with Crippen molar-refractivity contribution in [1.82, 2.24) is 10.2 Å². The van der Waals surface area contributed by atoms with Crippen LogP contribution in [0.4, 0.5) is 4.79 Å². The zero-order valence-corrected chi connectivity index (χ0v) is 12.8. The predicted molar refractivity (Wildman–Crippen MR) is 71.4 cm³/mol. The molecule has 1 heterocycles. The highest BCUT2D eigenvalue weighted by molar-refractivity contribution is 8.13. The van der Waals surface area contributed by atoms with Gasteiger partial charge in [0.2, 0.25) is 9.05 Å². The average Bonchev–Trinajstić information content (AvgIpc) is 2.14. The average molecular weight is 301 g/mol. The molecule has 8 heteroatoms. The molecule has 1 saturated heterocycles. The first kappa shape index (κ1) is 17.5. The molecule has 1 aliphatic heterocycles. The Kier molecular flexibility index (Phi) is 6.94. The maximum atomic E-state index is 11.5. The third-order valence-corrected chi connectivity index (χ3v) is 1.77.